The molecule has 1 aliphatic rings. The number of carbonyl (C=O) groups excluding carboxylic acids is 1. The molecule has 1 saturated heterocycles. The average molecular weight is 465 g/mol. The molecule has 2 heterocycles. The van der Waals surface area contributed by atoms with E-state index in [-0.39, 0.29) is 18.3 Å². The van der Waals surface area contributed by atoms with E-state index in [0.717, 1.165) is 43.4 Å². The van der Waals surface area contributed by atoms with E-state index >= 15 is 0 Å². The van der Waals surface area contributed by atoms with E-state index in [4.69, 9.17) is 9.47 Å². The second kappa shape index (κ2) is 12.0. The first kappa shape index (κ1) is 25.1. The fourth-order valence-corrected chi connectivity index (χ4v) is 4.07. The van der Waals surface area contributed by atoms with E-state index in [2.05, 4.69) is 35.1 Å². The van der Waals surface area contributed by atoms with Gasteiger partial charge in [-0.25, -0.2) is 4.98 Å². The lowest BCUT2D eigenvalue weighted by Crippen LogP contribution is -2.41. The number of nitrogens with one attached hydrogen (secondary N) is 1. The highest BCUT2D eigenvalue weighted by Gasteiger charge is 2.18. The zero-order chi connectivity index (χ0) is 21.5. The monoisotopic (exact) mass is 464 g/mol. The summed E-state index contributed by atoms with van der Waals surface area (Å²) in [5.74, 6) is 0.841. The van der Waals surface area contributed by atoms with Crippen LogP contribution in [-0.2, 0) is 4.74 Å². The number of morpholine rings is 1. The molecule has 0 bridgehead atoms. The van der Waals surface area contributed by atoms with Gasteiger partial charge >= 0.3 is 0 Å². The lowest BCUT2D eigenvalue weighted by atomic mass is 10.1. The van der Waals surface area contributed by atoms with Crippen molar-refractivity contribution in [2.45, 2.75) is 20.8 Å². The second-order valence-electron chi connectivity index (χ2n) is 7.67. The first-order chi connectivity index (χ1) is 14.5. The number of nitriles is 1. The molecular formula is C22H29ClN4O3S. The number of ether oxygens (including phenoxy) is 2. The molecule has 0 unspecified atom stereocenters. The van der Waals surface area contributed by atoms with Crippen molar-refractivity contribution in [1.82, 2.24) is 15.2 Å². The van der Waals surface area contributed by atoms with Crippen molar-refractivity contribution >= 4 is 29.7 Å². The molecule has 1 N–H and O–H groups in total. The van der Waals surface area contributed by atoms with Crippen LogP contribution in [0.3, 0.4) is 0 Å². The van der Waals surface area contributed by atoms with Gasteiger partial charge in [0.15, 0.2) is 0 Å². The summed E-state index contributed by atoms with van der Waals surface area (Å²) in [5, 5.41) is 13.2. The van der Waals surface area contributed by atoms with Crippen LogP contribution in [0.15, 0.2) is 18.2 Å². The number of aryl methyl sites for hydroxylation is 1. The number of nitrogens with zero attached hydrogens (tertiary/aromatic N) is 3. The van der Waals surface area contributed by atoms with Gasteiger partial charge in [0.05, 0.1) is 31.1 Å². The van der Waals surface area contributed by atoms with Gasteiger partial charge in [-0.1, -0.05) is 13.8 Å². The van der Waals surface area contributed by atoms with Crippen LogP contribution in [0.25, 0.3) is 10.6 Å². The Kier molecular flexibility index (Phi) is 9.72. The predicted molar refractivity (Wildman–Crippen MR) is 124 cm³/mol. The van der Waals surface area contributed by atoms with E-state index in [1.807, 2.05) is 13.0 Å². The summed E-state index contributed by atoms with van der Waals surface area (Å²) in [6.45, 7) is 11.2. The van der Waals surface area contributed by atoms with Crippen molar-refractivity contribution in [3.05, 3.63) is 34.3 Å². The summed E-state index contributed by atoms with van der Waals surface area (Å²) < 4.78 is 11.1. The summed E-state index contributed by atoms with van der Waals surface area (Å²) >= 11 is 1.34. The van der Waals surface area contributed by atoms with E-state index in [9.17, 15) is 10.1 Å². The maximum atomic E-state index is 12.6. The largest absolute Gasteiger partial charge is 0.492 e. The van der Waals surface area contributed by atoms with Gasteiger partial charge in [-0.05, 0) is 31.0 Å². The molecule has 0 spiro atoms. The Balaban J connectivity index is 0.00000341. The smallest absolute Gasteiger partial charge is 0.263 e. The van der Waals surface area contributed by atoms with Gasteiger partial charge in [0.1, 0.15) is 21.7 Å². The Morgan fingerprint density at radius 1 is 1.39 bits per heavy atom. The summed E-state index contributed by atoms with van der Waals surface area (Å²) in [6, 6.07) is 7.65. The molecule has 7 nitrogen and oxygen atoms in total. The number of thiazole rings is 1. The van der Waals surface area contributed by atoms with Crippen molar-refractivity contribution in [3.63, 3.8) is 0 Å². The quantitative estimate of drug-likeness (QED) is 0.643. The third-order valence-corrected chi connectivity index (χ3v) is 5.94. The second-order valence-corrected chi connectivity index (χ2v) is 8.67. The SMILES string of the molecule is Cc1nc(-c2ccc(OCC(C)C)c(C#N)c2)sc1C(=O)NCCN1CCOCC1.Cl. The Morgan fingerprint density at radius 3 is 2.81 bits per heavy atom. The highest BCUT2D eigenvalue weighted by atomic mass is 35.5. The number of benzene rings is 1. The van der Waals surface area contributed by atoms with Crippen molar-refractivity contribution in [2.24, 2.45) is 5.92 Å². The Labute approximate surface area is 193 Å². The molecule has 1 aromatic carbocycles. The molecule has 9 heteroatoms. The minimum Gasteiger partial charge on any atom is -0.492 e. The van der Waals surface area contributed by atoms with Gasteiger partial charge in [0, 0.05) is 31.7 Å². The Bertz CT molecular complexity index is 920. The van der Waals surface area contributed by atoms with Gasteiger partial charge in [0.25, 0.3) is 5.91 Å². The van der Waals surface area contributed by atoms with E-state index in [0.29, 0.717) is 41.0 Å². The van der Waals surface area contributed by atoms with Crippen LogP contribution in [0.1, 0.15) is 34.8 Å². The fraction of sp³-hybridized carbons (Fsp3) is 0.500. The number of carbonyl (C=O) groups is 1. The number of rotatable bonds is 8. The fourth-order valence-electron chi connectivity index (χ4n) is 3.10. The molecule has 1 fully saturated rings. The molecular weight excluding hydrogens is 436 g/mol. The van der Waals surface area contributed by atoms with Crippen LogP contribution < -0.4 is 10.1 Å². The van der Waals surface area contributed by atoms with Crippen molar-refractivity contribution < 1.29 is 14.3 Å². The molecule has 0 atom stereocenters. The molecule has 1 amide bonds. The van der Waals surface area contributed by atoms with Crippen molar-refractivity contribution in [1.29, 1.82) is 5.26 Å². The van der Waals surface area contributed by atoms with E-state index in [1.165, 1.54) is 11.3 Å². The van der Waals surface area contributed by atoms with Gasteiger partial charge < -0.3 is 14.8 Å². The standard InChI is InChI=1S/C22H28N4O3S.ClH/c1-15(2)14-29-19-5-4-17(12-18(19)13-23)22-25-16(3)20(30-22)21(27)24-6-7-26-8-10-28-11-9-26;/h4-5,12,15H,6-11,14H2,1-3H3,(H,24,27);1H. The van der Waals surface area contributed by atoms with Gasteiger partial charge in [-0.15, -0.1) is 23.7 Å². The minimum atomic E-state index is -0.109. The van der Waals surface area contributed by atoms with E-state index in [1.54, 1.807) is 12.1 Å². The minimum absolute atomic E-state index is 0. The van der Waals surface area contributed by atoms with Gasteiger partial charge in [-0.2, -0.15) is 5.26 Å². The first-order valence-corrected chi connectivity index (χ1v) is 11.0. The molecule has 1 aromatic heterocycles. The Morgan fingerprint density at radius 2 is 2.13 bits per heavy atom. The van der Waals surface area contributed by atoms with Gasteiger partial charge in [0.2, 0.25) is 0 Å². The van der Waals surface area contributed by atoms with Crippen LogP contribution in [0.4, 0.5) is 0 Å². The van der Waals surface area contributed by atoms with Crippen molar-refractivity contribution in [3.8, 4) is 22.4 Å². The molecule has 2 aromatic rings. The van der Waals surface area contributed by atoms with Crippen LogP contribution in [0, 0.1) is 24.2 Å². The number of aromatic nitrogens is 1. The van der Waals surface area contributed by atoms with Crippen LogP contribution >= 0.6 is 23.7 Å². The Hall–Kier alpha value is -2.18. The number of hydrogen-bond donors (Lipinski definition) is 1. The topological polar surface area (TPSA) is 87.5 Å². The van der Waals surface area contributed by atoms with E-state index < -0.39 is 0 Å². The lowest BCUT2D eigenvalue weighted by molar-refractivity contribution is 0.0383. The summed E-state index contributed by atoms with van der Waals surface area (Å²) in [5.41, 5.74) is 1.97. The number of amides is 1. The zero-order valence-corrected chi connectivity index (χ0v) is 19.8. The lowest BCUT2D eigenvalue weighted by Gasteiger charge is -2.26. The maximum absolute atomic E-state index is 12.6. The maximum Gasteiger partial charge on any atom is 0.263 e. The molecule has 31 heavy (non-hydrogen) atoms. The number of hydrogen-bond acceptors (Lipinski definition) is 7. The third-order valence-electron chi connectivity index (χ3n) is 4.74. The van der Waals surface area contributed by atoms with Crippen LogP contribution in [0.5, 0.6) is 5.75 Å². The van der Waals surface area contributed by atoms with Crippen LogP contribution in [-0.4, -0.2) is 61.8 Å². The molecule has 0 aliphatic carbocycles. The first-order valence-electron chi connectivity index (χ1n) is 10.2. The third kappa shape index (κ3) is 6.91. The average Bonchev–Trinajstić information content (AvgIpc) is 3.14. The summed E-state index contributed by atoms with van der Waals surface area (Å²) in [6.07, 6.45) is 0. The van der Waals surface area contributed by atoms with Gasteiger partial charge in [-0.3, -0.25) is 9.69 Å². The molecule has 0 radical (unpaired) electrons. The molecule has 3 rings (SSSR count). The van der Waals surface area contributed by atoms with Crippen LogP contribution in [0.2, 0.25) is 0 Å². The highest BCUT2D eigenvalue weighted by Crippen LogP contribution is 2.31. The summed E-state index contributed by atoms with van der Waals surface area (Å²) in [4.78, 5) is 20.1. The molecule has 1 aliphatic heterocycles. The normalized spacial score (nSPS) is 14.0. The number of halogens is 1. The highest BCUT2D eigenvalue weighted by molar-refractivity contribution is 7.17. The summed E-state index contributed by atoms with van der Waals surface area (Å²) in [7, 11) is 0. The zero-order valence-electron chi connectivity index (χ0n) is 18.1. The predicted octanol–water partition coefficient (Wildman–Crippen LogP) is 3.51. The molecule has 168 valence electrons. The molecule has 0 saturated carbocycles. The van der Waals surface area contributed by atoms with Crippen molar-refractivity contribution in [2.75, 3.05) is 46.0 Å².